The van der Waals surface area contributed by atoms with Crippen molar-refractivity contribution in [3.8, 4) is 0 Å². The van der Waals surface area contributed by atoms with Crippen LogP contribution in [-0.2, 0) is 4.74 Å². The largest absolute Gasteiger partial charge is 0.461 e. The number of benzene rings is 1. The second-order valence-electron chi connectivity index (χ2n) is 6.08. The summed E-state index contributed by atoms with van der Waals surface area (Å²) >= 11 is 0. The van der Waals surface area contributed by atoms with E-state index in [2.05, 4.69) is 12.0 Å². The van der Waals surface area contributed by atoms with Crippen molar-refractivity contribution in [3.05, 3.63) is 29.5 Å². The number of ether oxygens (including phenoxy) is 1. The summed E-state index contributed by atoms with van der Waals surface area (Å²) in [5.41, 5.74) is -0.147. The molecule has 1 unspecified atom stereocenters. The van der Waals surface area contributed by atoms with E-state index in [1.807, 2.05) is 6.92 Å². The molecule has 2 aromatic rings. The van der Waals surface area contributed by atoms with Gasteiger partial charge in [0.15, 0.2) is 17.3 Å². The Hall–Kier alpha value is -2.31. The summed E-state index contributed by atoms with van der Waals surface area (Å²) in [5.74, 6) is -3.24. The summed E-state index contributed by atoms with van der Waals surface area (Å²) in [6, 6.07) is 1.72. The molecule has 136 valence electrons. The second kappa shape index (κ2) is 8.18. The number of carbonyl (C=O) groups excluding carboxylic acids is 2. The van der Waals surface area contributed by atoms with Crippen LogP contribution in [0.2, 0.25) is 0 Å². The van der Waals surface area contributed by atoms with Gasteiger partial charge in [0.1, 0.15) is 0 Å². The van der Waals surface area contributed by atoms with Gasteiger partial charge in [-0.1, -0.05) is 33.1 Å². The van der Waals surface area contributed by atoms with Crippen molar-refractivity contribution in [2.45, 2.75) is 46.5 Å². The Morgan fingerprint density at radius 3 is 2.52 bits per heavy atom. The molecule has 1 aromatic carbocycles. The first-order valence-corrected chi connectivity index (χ1v) is 8.44. The van der Waals surface area contributed by atoms with Crippen molar-refractivity contribution in [3.63, 3.8) is 0 Å². The lowest BCUT2D eigenvalue weighted by atomic mass is 10.0. The number of unbranched alkanes of at least 4 members (excludes halogenated alkanes) is 1. The monoisotopic (exact) mass is 352 g/mol. The van der Waals surface area contributed by atoms with Crippen molar-refractivity contribution >= 4 is 22.8 Å². The van der Waals surface area contributed by atoms with Crippen LogP contribution in [0.15, 0.2) is 12.1 Å². The molecular formula is C18H22F2N2O3. The Balaban J connectivity index is 2.29. The summed E-state index contributed by atoms with van der Waals surface area (Å²) in [7, 11) is 0. The standard InChI is InChI=1S/C18H22F2N2O3/c1-4-6-7-12(5-2)10-25-18(24)17-13-8-14(19)15(20)9-16(13)22(21-17)11(3)23/h8-9,12H,4-7,10H2,1-3H3. The molecule has 1 atom stereocenters. The van der Waals surface area contributed by atoms with Crippen LogP contribution in [-0.4, -0.2) is 28.3 Å². The number of hydrogen-bond acceptors (Lipinski definition) is 4. The van der Waals surface area contributed by atoms with Crippen LogP contribution >= 0.6 is 0 Å². The average molecular weight is 352 g/mol. The minimum atomic E-state index is -1.11. The van der Waals surface area contributed by atoms with Gasteiger partial charge in [-0.05, 0) is 18.4 Å². The number of halogens is 2. The van der Waals surface area contributed by atoms with E-state index in [0.717, 1.165) is 42.5 Å². The molecule has 2 rings (SSSR count). The van der Waals surface area contributed by atoms with Gasteiger partial charge in [0, 0.05) is 18.4 Å². The molecule has 0 fully saturated rings. The Bertz CT molecular complexity index is 786. The smallest absolute Gasteiger partial charge is 0.359 e. The maximum Gasteiger partial charge on any atom is 0.359 e. The van der Waals surface area contributed by atoms with Crippen LogP contribution in [0, 0.1) is 17.6 Å². The number of rotatable bonds is 7. The Morgan fingerprint density at radius 2 is 1.92 bits per heavy atom. The van der Waals surface area contributed by atoms with Crippen molar-refractivity contribution < 1.29 is 23.1 Å². The highest BCUT2D eigenvalue weighted by Crippen LogP contribution is 2.23. The summed E-state index contributed by atoms with van der Waals surface area (Å²) in [6.07, 6.45) is 3.92. The minimum Gasteiger partial charge on any atom is -0.461 e. The van der Waals surface area contributed by atoms with Crippen molar-refractivity contribution in [1.82, 2.24) is 9.78 Å². The zero-order chi connectivity index (χ0) is 18.6. The third-order valence-corrected chi connectivity index (χ3v) is 4.21. The molecular weight excluding hydrogens is 330 g/mol. The lowest BCUT2D eigenvalue weighted by molar-refractivity contribution is 0.0423. The molecule has 0 N–H and O–H groups in total. The van der Waals surface area contributed by atoms with E-state index in [9.17, 15) is 18.4 Å². The highest BCUT2D eigenvalue weighted by atomic mass is 19.2. The molecule has 1 heterocycles. The zero-order valence-electron chi connectivity index (χ0n) is 14.6. The fraction of sp³-hybridized carbons (Fsp3) is 0.500. The minimum absolute atomic E-state index is 0.0383. The van der Waals surface area contributed by atoms with Crippen LogP contribution in [0.4, 0.5) is 8.78 Å². The van der Waals surface area contributed by atoms with Gasteiger partial charge in [0.25, 0.3) is 0 Å². The summed E-state index contributed by atoms with van der Waals surface area (Å²) in [6.45, 7) is 5.56. The fourth-order valence-electron chi connectivity index (χ4n) is 2.66. The number of aromatic nitrogens is 2. The van der Waals surface area contributed by atoms with E-state index in [1.165, 1.54) is 6.92 Å². The van der Waals surface area contributed by atoms with E-state index in [1.54, 1.807) is 0 Å². The van der Waals surface area contributed by atoms with Gasteiger partial charge in [0.05, 0.1) is 12.1 Å². The number of fused-ring (bicyclic) bond motifs is 1. The molecule has 0 aliphatic carbocycles. The maximum atomic E-state index is 13.6. The second-order valence-corrected chi connectivity index (χ2v) is 6.08. The predicted octanol–water partition coefficient (Wildman–Crippen LogP) is 4.35. The first kappa shape index (κ1) is 19.0. The van der Waals surface area contributed by atoms with Gasteiger partial charge in [0.2, 0.25) is 5.91 Å². The predicted molar refractivity (Wildman–Crippen MR) is 89.5 cm³/mol. The third kappa shape index (κ3) is 4.21. The zero-order valence-corrected chi connectivity index (χ0v) is 14.6. The SMILES string of the molecule is CCCCC(CC)COC(=O)c1nn(C(C)=O)c2cc(F)c(F)cc12. The Morgan fingerprint density at radius 1 is 1.24 bits per heavy atom. The summed E-state index contributed by atoms with van der Waals surface area (Å²) in [5, 5.41) is 3.95. The van der Waals surface area contributed by atoms with E-state index in [4.69, 9.17) is 4.74 Å². The maximum absolute atomic E-state index is 13.6. The molecule has 0 bridgehead atoms. The highest BCUT2D eigenvalue weighted by molar-refractivity contribution is 6.04. The number of nitrogens with zero attached hydrogens (tertiary/aromatic N) is 2. The molecule has 0 aliphatic heterocycles. The molecule has 0 saturated carbocycles. The lowest BCUT2D eigenvalue weighted by Gasteiger charge is -2.14. The molecule has 7 heteroatoms. The number of hydrogen-bond donors (Lipinski definition) is 0. The van der Waals surface area contributed by atoms with Crippen LogP contribution in [0.1, 0.15) is 61.7 Å². The Labute approximate surface area is 145 Å². The van der Waals surface area contributed by atoms with Crippen molar-refractivity contribution in [1.29, 1.82) is 0 Å². The first-order valence-electron chi connectivity index (χ1n) is 8.44. The molecule has 1 aromatic heterocycles. The van der Waals surface area contributed by atoms with Gasteiger partial charge in [-0.25, -0.2) is 13.6 Å². The molecule has 0 radical (unpaired) electrons. The van der Waals surface area contributed by atoms with Gasteiger partial charge in [-0.15, -0.1) is 0 Å². The Kier molecular flexibility index (Phi) is 6.22. The van der Waals surface area contributed by atoms with Crippen LogP contribution in [0.25, 0.3) is 10.9 Å². The number of esters is 1. The normalized spacial score (nSPS) is 12.4. The molecule has 0 amide bonds. The van der Waals surface area contributed by atoms with E-state index < -0.39 is 23.5 Å². The molecule has 0 spiro atoms. The van der Waals surface area contributed by atoms with Crippen molar-refractivity contribution in [2.75, 3.05) is 6.61 Å². The summed E-state index contributed by atoms with van der Waals surface area (Å²) < 4.78 is 33.2. The van der Waals surface area contributed by atoms with Crippen LogP contribution < -0.4 is 0 Å². The van der Waals surface area contributed by atoms with Gasteiger partial charge >= 0.3 is 5.97 Å². The molecule has 25 heavy (non-hydrogen) atoms. The third-order valence-electron chi connectivity index (χ3n) is 4.21. The first-order chi connectivity index (χ1) is 11.9. The molecule has 5 nitrogen and oxygen atoms in total. The van der Waals surface area contributed by atoms with Crippen LogP contribution in [0.5, 0.6) is 0 Å². The molecule has 0 saturated heterocycles. The van der Waals surface area contributed by atoms with E-state index in [-0.39, 0.29) is 29.1 Å². The highest BCUT2D eigenvalue weighted by Gasteiger charge is 2.23. The van der Waals surface area contributed by atoms with Crippen LogP contribution in [0.3, 0.4) is 0 Å². The molecule has 0 aliphatic rings. The van der Waals surface area contributed by atoms with Gasteiger partial charge < -0.3 is 4.74 Å². The van der Waals surface area contributed by atoms with Crippen molar-refractivity contribution in [2.24, 2.45) is 5.92 Å². The quantitative estimate of drug-likeness (QED) is 0.695. The average Bonchev–Trinajstić information content (AvgIpc) is 2.94. The lowest BCUT2D eigenvalue weighted by Crippen LogP contribution is -2.15. The fourth-order valence-corrected chi connectivity index (χ4v) is 2.66. The number of carbonyl (C=O) groups is 2. The van der Waals surface area contributed by atoms with E-state index in [0.29, 0.717) is 0 Å². The van der Waals surface area contributed by atoms with Gasteiger partial charge in [-0.2, -0.15) is 9.78 Å². The van der Waals surface area contributed by atoms with E-state index >= 15 is 0 Å². The summed E-state index contributed by atoms with van der Waals surface area (Å²) in [4.78, 5) is 24.0. The topological polar surface area (TPSA) is 61.2 Å². The van der Waals surface area contributed by atoms with Gasteiger partial charge in [-0.3, -0.25) is 4.79 Å².